The van der Waals surface area contributed by atoms with E-state index in [2.05, 4.69) is 45.4 Å². The molecule has 0 spiro atoms. The summed E-state index contributed by atoms with van der Waals surface area (Å²) in [6.45, 7) is 4.48. The lowest BCUT2D eigenvalue weighted by molar-refractivity contribution is 0.0591. The van der Waals surface area contributed by atoms with E-state index in [1.165, 1.54) is 0 Å². The van der Waals surface area contributed by atoms with Crippen molar-refractivity contribution in [3.63, 3.8) is 0 Å². The molecule has 1 fully saturated rings. The Morgan fingerprint density at radius 1 is 1.25 bits per heavy atom. The van der Waals surface area contributed by atoms with E-state index in [1.54, 1.807) is 23.6 Å². The van der Waals surface area contributed by atoms with Gasteiger partial charge in [-0.05, 0) is 55.4 Å². The van der Waals surface area contributed by atoms with E-state index in [1.807, 2.05) is 11.7 Å². The molecule has 0 unspecified atom stereocenters. The minimum Gasteiger partial charge on any atom is -0.478 e. The SMILES string of the molecule is Cc1cc(Nc2nccc(OCCC3CCOCC3)n2)cc(-c2cncs2)c1. The van der Waals surface area contributed by atoms with Gasteiger partial charge in [-0.15, -0.1) is 11.3 Å². The number of nitrogens with zero attached hydrogens (tertiary/aromatic N) is 3. The average Bonchev–Trinajstić information content (AvgIpc) is 3.24. The quantitative estimate of drug-likeness (QED) is 0.616. The van der Waals surface area contributed by atoms with Crippen molar-refractivity contribution in [2.45, 2.75) is 26.2 Å². The molecule has 7 heteroatoms. The highest BCUT2D eigenvalue weighted by Gasteiger charge is 2.14. The number of hydrogen-bond acceptors (Lipinski definition) is 7. The number of thiazole rings is 1. The minimum atomic E-state index is 0.532. The predicted octanol–water partition coefficient (Wildman–Crippen LogP) is 4.85. The van der Waals surface area contributed by atoms with Gasteiger partial charge in [0.1, 0.15) is 0 Å². The van der Waals surface area contributed by atoms with Gasteiger partial charge in [-0.2, -0.15) is 4.98 Å². The number of rotatable bonds is 7. The summed E-state index contributed by atoms with van der Waals surface area (Å²) in [5.74, 6) is 1.81. The monoisotopic (exact) mass is 396 g/mol. The summed E-state index contributed by atoms with van der Waals surface area (Å²) < 4.78 is 11.3. The summed E-state index contributed by atoms with van der Waals surface area (Å²) in [5.41, 5.74) is 5.09. The number of anilines is 2. The molecule has 4 rings (SSSR count). The normalized spacial score (nSPS) is 14.8. The molecular formula is C21H24N4O2S. The number of nitrogens with one attached hydrogen (secondary N) is 1. The molecule has 0 aliphatic carbocycles. The average molecular weight is 397 g/mol. The van der Waals surface area contributed by atoms with Gasteiger partial charge >= 0.3 is 0 Å². The van der Waals surface area contributed by atoms with Crippen LogP contribution in [0.2, 0.25) is 0 Å². The second-order valence-electron chi connectivity index (χ2n) is 6.99. The second kappa shape index (κ2) is 9.12. The Kier molecular flexibility index (Phi) is 6.14. The lowest BCUT2D eigenvalue weighted by Crippen LogP contribution is -2.18. The Morgan fingerprint density at radius 2 is 2.14 bits per heavy atom. The lowest BCUT2D eigenvalue weighted by Gasteiger charge is -2.21. The molecule has 2 aromatic heterocycles. The highest BCUT2D eigenvalue weighted by atomic mass is 32.1. The zero-order valence-corrected chi connectivity index (χ0v) is 16.7. The summed E-state index contributed by atoms with van der Waals surface area (Å²) in [6.07, 6.45) is 6.88. The van der Waals surface area contributed by atoms with Crippen molar-refractivity contribution in [3.05, 3.63) is 47.7 Å². The highest BCUT2D eigenvalue weighted by Crippen LogP contribution is 2.28. The van der Waals surface area contributed by atoms with Crippen molar-refractivity contribution in [3.8, 4) is 16.3 Å². The fourth-order valence-electron chi connectivity index (χ4n) is 3.33. The zero-order valence-electron chi connectivity index (χ0n) is 15.9. The van der Waals surface area contributed by atoms with Crippen LogP contribution in [0.5, 0.6) is 5.88 Å². The maximum Gasteiger partial charge on any atom is 0.230 e. The van der Waals surface area contributed by atoms with Crippen molar-refractivity contribution in [1.82, 2.24) is 15.0 Å². The third kappa shape index (κ3) is 5.05. The van der Waals surface area contributed by atoms with E-state index in [9.17, 15) is 0 Å². The molecule has 0 amide bonds. The minimum absolute atomic E-state index is 0.532. The van der Waals surface area contributed by atoms with E-state index < -0.39 is 0 Å². The Morgan fingerprint density at radius 3 is 2.96 bits per heavy atom. The van der Waals surface area contributed by atoms with E-state index in [0.717, 1.165) is 54.2 Å². The second-order valence-corrected chi connectivity index (χ2v) is 7.88. The van der Waals surface area contributed by atoms with Crippen molar-refractivity contribution < 1.29 is 9.47 Å². The first-order valence-corrected chi connectivity index (χ1v) is 10.5. The molecular weight excluding hydrogens is 372 g/mol. The van der Waals surface area contributed by atoms with Crippen LogP contribution in [0.25, 0.3) is 10.4 Å². The van der Waals surface area contributed by atoms with Crippen LogP contribution in [0.15, 0.2) is 42.2 Å². The molecule has 3 heterocycles. The van der Waals surface area contributed by atoms with Crippen molar-refractivity contribution in [2.24, 2.45) is 5.92 Å². The fourth-order valence-corrected chi connectivity index (χ4v) is 3.94. The molecule has 0 bridgehead atoms. The number of aromatic nitrogens is 3. The standard InChI is InChI=1S/C21H24N4O2S/c1-15-10-17(19-13-22-14-28-19)12-18(11-15)24-21-23-6-2-20(25-21)27-9-5-16-3-7-26-8-4-16/h2,6,10-14,16H,3-5,7-9H2,1H3,(H,23,24,25). The van der Waals surface area contributed by atoms with Gasteiger partial charge in [0.15, 0.2) is 0 Å². The molecule has 6 nitrogen and oxygen atoms in total. The molecule has 146 valence electrons. The van der Waals surface area contributed by atoms with Crippen LogP contribution < -0.4 is 10.1 Å². The summed E-state index contributed by atoms with van der Waals surface area (Å²) >= 11 is 1.62. The molecule has 1 saturated heterocycles. The summed E-state index contributed by atoms with van der Waals surface area (Å²) in [6, 6.07) is 8.11. The molecule has 1 aromatic carbocycles. The number of ether oxygens (including phenoxy) is 2. The Labute approximate surface area is 169 Å². The van der Waals surface area contributed by atoms with Gasteiger partial charge in [0.05, 0.1) is 17.0 Å². The summed E-state index contributed by atoms with van der Waals surface area (Å²) in [7, 11) is 0. The van der Waals surface area contributed by atoms with Crippen molar-refractivity contribution in [2.75, 3.05) is 25.1 Å². The molecule has 0 saturated carbocycles. The van der Waals surface area contributed by atoms with Crippen LogP contribution in [0.4, 0.5) is 11.6 Å². The van der Waals surface area contributed by atoms with Gasteiger partial charge in [-0.1, -0.05) is 6.07 Å². The molecule has 1 aliphatic rings. The Balaban J connectivity index is 1.39. The maximum absolute atomic E-state index is 5.85. The van der Waals surface area contributed by atoms with Crippen LogP contribution in [-0.4, -0.2) is 34.8 Å². The molecule has 1 N–H and O–H groups in total. The Bertz CT molecular complexity index is 895. The highest BCUT2D eigenvalue weighted by molar-refractivity contribution is 7.13. The predicted molar refractivity (Wildman–Crippen MR) is 111 cm³/mol. The number of benzene rings is 1. The molecule has 0 atom stereocenters. The van der Waals surface area contributed by atoms with Gasteiger partial charge < -0.3 is 14.8 Å². The van der Waals surface area contributed by atoms with Crippen LogP contribution >= 0.6 is 11.3 Å². The number of aryl methyl sites for hydroxylation is 1. The zero-order chi connectivity index (χ0) is 19.2. The van der Waals surface area contributed by atoms with Crippen LogP contribution in [-0.2, 0) is 4.74 Å². The summed E-state index contributed by atoms with van der Waals surface area (Å²) in [4.78, 5) is 14.1. The van der Waals surface area contributed by atoms with Gasteiger partial charge in [-0.25, -0.2) is 4.98 Å². The maximum atomic E-state index is 5.85. The topological polar surface area (TPSA) is 69.2 Å². The first-order valence-electron chi connectivity index (χ1n) is 9.57. The van der Waals surface area contributed by atoms with Gasteiger partial charge in [-0.3, -0.25) is 4.98 Å². The Hall–Kier alpha value is -2.51. The van der Waals surface area contributed by atoms with Crippen LogP contribution in [0.3, 0.4) is 0 Å². The van der Waals surface area contributed by atoms with Gasteiger partial charge in [0.2, 0.25) is 11.8 Å². The van der Waals surface area contributed by atoms with E-state index in [0.29, 0.717) is 24.4 Å². The summed E-state index contributed by atoms with van der Waals surface area (Å²) in [5, 5.41) is 3.29. The first-order chi connectivity index (χ1) is 13.8. The molecule has 3 aromatic rings. The van der Waals surface area contributed by atoms with E-state index >= 15 is 0 Å². The van der Waals surface area contributed by atoms with Gasteiger partial charge in [0.25, 0.3) is 0 Å². The fraction of sp³-hybridized carbons (Fsp3) is 0.381. The van der Waals surface area contributed by atoms with Crippen molar-refractivity contribution in [1.29, 1.82) is 0 Å². The smallest absolute Gasteiger partial charge is 0.230 e. The third-order valence-corrected chi connectivity index (χ3v) is 5.62. The van der Waals surface area contributed by atoms with Crippen LogP contribution in [0.1, 0.15) is 24.8 Å². The third-order valence-electron chi connectivity index (χ3n) is 4.80. The number of hydrogen-bond donors (Lipinski definition) is 1. The largest absolute Gasteiger partial charge is 0.478 e. The van der Waals surface area contributed by atoms with E-state index in [-0.39, 0.29) is 0 Å². The first kappa shape index (κ1) is 18.8. The van der Waals surface area contributed by atoms with E-state index in [4.69, 9.17) is 9.47 Å². The molecule has 28 heavy (non-hydrogen) atoms. The van der Waals surface area contributed by atoms with Crippen molar-refractivity contribution >= 4 is 23.0 Å². The molecule has 0 radical (unpaired) electrons. The van der Waals surface area contributed by atoms with Crippen LogP contribution in [0, 0.1) is 12.8 Å². The lowest BCUT2D eigenvalue weighted by atomic mass is 9.97. The molecule has 1 aliphatic heterocycles. The van der Waals surface area contributed by atoms with Gasteiger partial charge in [0, 0.05) is 37.4 Å².